The van der Waals surface area contributed by atoms with Crippen LogP contribution in [0.25, 0.3) is 22.4 Å². The number of esters is 1. The van der Waals surface area contributed by atoms with Crippen molar-refractivity contribution in [3.05, 3.63) is 101 Å². The fourth-order valence-electron chi connectivity index (χ4n) is 4.84. The number of thioether (sulfide) groups is 1. The molecule has 5 rings (SSSR count). The molecule has 0 N–H and O–H groups in total. The molecule has 0 saturated heterocycles. The molecule has 0 aliphatic heterocycles. The van der Waals surface area contributed by atoms with Gasteiger partial charge in [-0.25, -0.2) is 0 Å². The largest absolute Gasteiger partial charge is 0.466 e. The van der Waals surface area contributed by atoms with Crippen molar-refractivity contribution in [2.24, 2.45) is 0 Å². The summed E-state index contributed by atoms with van der Waals surface area (Å²) in [5.74, 6) is 2.73. The highest BCUT2D eigenvalue weighted by Crippen LogP contribution is 2.51. The van der Waals surface area contributed by atoms with E-state index in [0.717, 1.165) is 58.9 Å². The van der Waals surface area contributed by atoms with Crippen LogP contribution in [-0.2, 0) is 27.1 Å². The Labute approximate surface area is 223 Å². The SMILES string of the molecule is CCOC(=O)CC1(c2ccc(-c3ccc(-c4noc(C)c4CSCCc4ccccc4)cc3)cc2)CC1. The fraction of sp³-hybridized carbons (Fsp3) is 0.312. The van der Waals surface area contributed by atoms with Crippen molar-refractivity contribution >= 4 is 17.7 Å². The monoisotopic (exact) mass is 511 g/mol. The van der Waals surface area contributed by atoms with Crippen molar-refractivity contribution in [2.75, 3.05) is 12.4 Å². The molecule has 0 unspecified atom stereocenters. The lowest BCUT2D eigenvalue weighted by Gasteiger charge is -2.15. The van der Waals surface area contributed by atoms with Gasteiger partial charge in [-0.05, 0) is 61.1 Å². The Morgan fingerprint density at radius 1 is 0.946 bits per heavy atom. The molecular formula is C32H33NO3S. The Kier molecular flexibility index (Phi) is 7.80. The maximum atomic E-state index is 12.0. The Bertz CT molecular complexity index is 1320. The van der Waals surface area contributed by atoms with Crippen LogP contribution in [0.1, 0.15) is 48.6 Å². The summed E-state index contributed by atoms with van der Waals surface area (Å²) in [4.78, 5) is 12.0. The molecule has 1 aliphatic rings. The smallest absolute Gasteiger partial charge is 0.306 e. The molecule has 0 amide bonds. The van der Waals surface area contributed by atoms with Crippen LogP contribution < -0.4 is 0 Å². The molecule has 190 valence electrons. The van der Waals surface area contributed by atoms with Crippen LogP contribution in [0.4, 0.5) is 0 Å². The van der Waals surface area contributed by atoms with Gasteiger partial charge in [0.25, 0.3) is 0 Å². The number of aryl methyl sites for hydroxylation is 2. The van der Waals surface area contributed by atoms with Gasteiger partial charge in [-0.1, -0.05) is 84.0 Å². The third kappa shape index (κ3) is 5.99. The van der Waals surface area contributed by atoms with Crippen LogP contribution in [0.5, 0.6) is 0 Å². The van der Waals surface area contributed by atoms with Gasteiger partial charge in [-0.15, -0.1) is 0 Å². The first-order valence-electron chi connectivity index (χ1n) is 13.0. The standard InChI is InChI=1S/C32H33NO3S/c1-3-35-30(34)21-32(18-19-32)28-15-13-26(14-16-28)25-9-11-27(12-10-25)31-29(23(2)36-33-31)22-37-20-17-24-7-5-4-6-8-24/h4-16H,3,17-22H2,1-2H3. The highest BCUT2D eigenvalue weighted by atomic mass is 32.2. The lowest BCUT2D eigenvalue weighted by molar-refractivity contribution is -0.143. The molecule has 1 fully saturated rings. The minimum Gasteiger partial charge on any atom is -0.466 e. The second-order valence-electron chi connectivity index (χ2n) is 9.77. The van der Waals surface area contributed by atoms with Crippen LogP contribution in [0.2, 0.25) is 0 Å². The van der Waals surface area contributed by atoms with Gasteiger partial charge >= 0.3 is 5.97 Å². The zero-order valence-corrected chi connectivity index (χ0v) is 22.4. The van der Waals surface area contributed by atoms with Crippen molar-refractivity contribution in [3.8, 4) is 22.4 Å². The van der Waals surface area contributed by atoms with Gasteiger partial charge in [0.2, 0.25) is 0 Å². The Hall–Kier alpha value is -3.31. The topological polar surface area (TPSA) is 52.3 Å². The van der Waals surface area contributed by atoms with Crippen molar-refractivity contribution in [2.45, 2.75) is 50.7 Å². The molecule has 4 aromatic rings. The van der Waals surface area contributed by atoms with E-state index in [1.165, 1.54) is 16.7 Å². The van der Waals surface area contributed by atoms with E-state index in [0.29, 0.717) is 13.0 Å². The molecule has 1 heterocycles. The highest BCUT2D eigenvalue weighted by Gasteiger charge is 2.46. The van der Waals surface area contributed by atoms with E-state index in [9.17, 15) is 4.79 Å². The fourth-order valence-corrected chi connectivity index (χ4v) is 5.91. The first kappa shape index (κ1) is 25.3. The van der Waals surface area contributed by atoms with Crippen LogP contribution in [0, 0.1) is 6.92 Å². The lowest BCUT2D eigenvalue weighted by atomic mass is 9.90. The second-order valence-corrected chi connectivity index (χ2v) is 10.9. The maximum absolute atomic E-state index is 12.0. The van der Waals surface area contributed by atoms with Crippen LogP contribution in [-0.4, -0.2) is 23.5 Å². The highest BCUT2D eigenvalue weighted by molar-refractivity contribution is 7.98. The zero-order chi connectivity index (χ0) is 25.7. The average Bonchev–Trinajstić information content (AvgIpc) is 3.62. The van der Waals surface area contributed by atoms with Crippen molar-refractivity contribution < 1.29 is 14.1 Å². The van der Waals surface area contributed by atoms with Crippen molar-refractivity contribution in [1.82, 2.24) is 5.16 Å². The van der Waals surface area contributed by atoms with Crippen molar-refractivity contribution in [3.63, 3.8) is 0 Å². The number of ether oxygens (including phenoxy) is 1. The summed E-state index contributed by atoms with van der Waals surface area (Å²) < 4.78 is 10.8. The normalized spacial score (nSPS) is 13.9. The van der Waals surface area contributed by atoms with Gasteiger partial charge in [-0.3, -0.25) is 4.79 Å². The summed E-state index contributed by atoms with van der Waals surface area (Å²) in [5.41, 5.74) is 8.06. The number of hydrogen-bond acceptors (Lipinski definition) is 5. The zero-order valence-electron chi connectivity index (χ0n) is 21.5. The average molecular weight is 512 g/mol. The number of carbonyl (C=O) groups excluding carboxylic acids is 1. The Balaban J connectivity index is 1.23. The summed E-state index contributed by atoms with van der Waals surface area (Å²) in [6.45, 7) is 4.29. The third-order valence-electron chi connectivity index (χ3n) is 7.24. The van der Waals surface area contributed by atoms with Crippen LogP contribution in [0.3, 0.4) is 0 Å². The Morgan fingerprint density at radius 2 is 1.59 bits per heavy atom. The number of benzene rings is 3. The van der Waals surface area contributed by atoms with E-state index in [-0.39, 0.29) is 11.4 Å². The summed E-state index contributed by atoms with van der Waals surface area (Å²) >= 11 is 1.91. The minimum atomic E-state index is -0.100. The molecule has 0 atom stereocenters. The Morgan fingerprint density at radius 3 is 2.24 bits per heavy atom. The molecular weight excluding hydrogens is 478 g/mol. The van der Waals surface area contributed by atoms with Gasteiger partial charge in [-0.2, -0.15) is 11.8 Å². The van der Waals surface area contributed by atoms with Gasteiger partial charge < -0.3 is 9.26 Å². The molecule has 0 radical (unpaired) electrons. The maximum Gasteiger partial charge on any atom is 0.306 e. The quantitative estimate of drug-likeness (QED) is 0.152. The van der Waals surface area contributed by atoms with E-state index in [1.807, 2.05) is 25.6 Å². The number of hydrogen-bond donors (Lipinski definition) is 0. The summed E-state index contributed by atoms with van der Waals surface area (Å²) in [6, 6.07) is 27.8. The predicted octanol–water partition coefficient (Wildman–Crippen LogP) is 7.78. The predicted molar refractivity (Wildman–Crippen MR) is 151 cm³/mol. The number of rotatable bonds is 11. The molecule has 37 heavy (non-hydrogen) atoms. The van der Waals surface area contributed by atoms with Gasteiger partial charge in [0.05, 0.1) is 13.0 Å². The molecule has 3 aromatic carbocycles. The minimum absolute atomic E-state index is 0.0328. The lowest BCUT2D eigenvalue weighted by Crippen LogP contribution is -2.15. The third-order valence-corrected chi connectivity index (χ3v) is 8.23. The van der Waals surface area contributed by atoms with Crippen LogP contribution in [0.15, 0.2) is 83.4 Å². The molecule has 1 aromatic heterocycles. The van der Waals surface area contributed by atoms with E-state index >= 15 is 0 Å². The van der Waals surface area contributed by atoms with E-state index in [1.54, 1.807) is 0 Å². The van der Waals surface area contributed by atoms with Crippen molar-refractivity contribution in [1.29, 1.82) is 0 Å². The van der Waals surface area contributed by atoms with E-state index in [4.69, 9.17) is 9.26 Å². The number of aromatic nitrogens is 1. The first-order chi connectivity index (χ1) is 18.1. The molecule has 0 spiro atoms. The second kappa shape index (κ2) is 11.4. The number of nitrogens with zero attached hydrogens (tertiary/aromatic N) is 1. The first-order valence-corrected chi connectivity index (χ1v) is 14.2. The summed E-state index contributed by atoms with van der Waals surface area (Å²) in [7, 11) is 0. The summed E-state index contributed by atoms with van der Waals surface area (Å²) in [6.07, 6.45) is 3.62. The van der Waals surface area contributed by atoms with Crippen LogP contribution >= 0.6 is 11.8 Å². The summed E-state index contributed by atoms with van der Waals surface area (Å²) in [5, 5.41) is 4.38. The van der Waals surface area contributed by atoms with Gasteiger partial charge in [0.15, 0.2) is 0 Å². The molecule has 4 nitrogen and oxygen atoms in total. The molecule has 0 bridgehead atoms. The molecule has 1 saturated carbocycles. The molecule has 1 aliphatic carbocycles. The molecule has 5 heteroatoms. The van der Waals surface area contributed by atoms with Gasteiger partial charge in [0.1, 0.15) is 11.5 Å². The van der Waals surface area contributed by atoms with E-state index in [2.05, 4.69) is 84.0 Å². The number of carbonyl (C=O) groups is 1. The van der Waals surface area contributed by atoms with Gasteiger partial charge in [0, 0.05) is 22.3 Å². The van der Waals surface area contributed by atoms with E-state index < -0.39 is 0 Å².